The van der Waals surface area contributed by atoms with Crippen molar-refractivity contribution in [1.82, 2.24) is 10.6 Å². The topological polar surface area (TPSA) is 39.7 Å². The lowest BCUT2D eigenvalue weighted by molar-refractivity contribution is 0.626. The van der Waals surface area contributed by atoms with Gasteiger partial charge in [-0.05, 0) is 38.5 Å². The molecule has 0 aromatic heterocycles. The van der Waals surface area contributed by atoms with Crippen molar-refractivity contribution in [1.29, 1.82) is 0 Å². The third kappa shape index (κ3) is 8.08. The third-order valence-corrected chi connectivity index (χ3v) is 2.86. The van der Waals surface area contributed by atoms with Crippen LogP contribution >= 0.6 is 24.0 Å². The molecule has 0 aliphatic heterocycles. The smallest absolute Gasteiger partial charge is 0.191 e. The van der Waals surface area contributed by atoms with E-state index in [0.717, 1.165) is 31.2 Å². The molecule has 0 fully saturated rings. The molecule has 0 atom stereocenters. The highest BCUT2D eigenvalue weighted by atomic mass is 127. The molecule has 0 bridgehead atoms. The van der Waals surface area contributed by atoms with Crippen molar-refractivity contribution in [2.75, 3.05) is 32.1 Å². The number of nitrogens with one attached hydrogen (secondary N) is 2. The molecular formula is C15H26FIN4. The quantitative estimate of drug-likeness (QED) is 0.329. The van der Waals surface area contributed by atoms with Crippen LogP contribution in [0.15, 0.2) is 29.3 Å². The van der Waals surface area contributed by atoms with Crippen LogP contribution in [0.5, 0.6) is 0 Å². The van der Waals surface area contributed by atoms with E-state index in [1.807, 2.05) is 18.0 Å². The Kier molecular flexibility index (Phi) is 10.1. The molecule has 0 aliphatic rings. The minimum absolute atomic E-state index is 0. The molecule has 0 radical (unpaired) electrons. The zero-order valence-corrected chi connectivity index (χ0v) is 15.5. The fourth-order valence-electron chi connectivity index (χ4n) is 1.83. The number of nitrogens with zero attached hydrogens (tertiary/aromatic N) is 2. The second kappa shape index (κ2) is 10.6. The van der Waals surface area contributed by atoms with Crippen LogP contribution in [0.3, 0.4) is 0 Å². The maximum Gasteiger partial charge on any atom is 0.191 e. The van der Waals surface area contributed by atoms with Gasteiger partial charge in [-0.15, -0.1) is 24.0 Å². The SMILES string of the molecule is CN=C(NCCCN(C)c1cccc(F)c1)NC(C)C.I. The molecule has 4 nitrogen and oxygen atoms in total. The maximum atomic E-state index is 13.1. The molecular weight excluding hydrogens is 382 g/mol. The number of aliphatic imine (C=N–C) groups is 1. The van der Waals surface area contributed by atoms with Gasteiger partial charge in [0.05, 0.1) is 0 Å². The van der Waals surface area contributed by atoms with E-state index < -0.39 is 0 Å². The summed E-state index contributed by atoms with van der Waals surface area (Å²) in [6.07, 6.45) is 0.950. The number of anilines is 1. The third-order valence-electron chi connectivity index (χ3n) is 2.86. The van der Waals surface area contributed by atoms with Crippen LogP contribution in [0.2, 0.25) is 0 Å². The highest BCUT2D eigenvalue weighted by Gasteiger charge is 2.03. The van der Waals surface area contributed by atoms with Gasteiger partial charge in [0, 0.05) is 38.9 Å². The molecule has 0 aliphatic carbocycles. The molecule has 1 rings (SSSR count). The van der Waals surface area contributed by atoms with E-state index in [-0.39, 0.29) is 29.8 Å². The van der Waals surface area contributed by atoms with Gasteiger partial charge in [0.1, 0.15) is 5.82 Å². The molecule has 1 aromatic rings. The van der Waals surface area contributed by atoms with Gasteiger partial charge in [-0.1, -0.05) is 6.07 Å². The van der Waals surface area contributed by atoms with Gasteiger partial charge in [-0.3, -0.25) is 4.99 Å². The molecule has 120 valence electrons. The molecule has 1 aromatic carbocycles. The minimum atomic E-state index is -0.200. The number of hydrogen-bond donors (Lipinski definition) is 2. The Morgan fingerprint density at radius 2 is 2.10 bits per heavy atom. The summed E-state index contributed by atoms with van der Waals surface area (Å²) in [5, 5.41) is 6.49. The number of benzene rings is 1. The van der Waals surface area contributed by atoms with Crippen LogP contribution in [0.1, 0.15) is 20.3 Å². The molecule has 0 heterocycles. The molecule has 6 heteroatoms. The molecule has 0 saturated carbocycles. The van der Waals surface area contributed by atoms with Crippen molar-refractivity contribution in [2.24, 2.45) is 4.99 Å². The lowest BCUT2D eigenvalue weighted by Crippen LogP contribution is -2.41. The van der Waals surface area contributed by atoms with Crippen LogP contribution in [-0.2, 0) is 0 Å². The highest BCUT2D eigenvalue weighted by Crippen LogP contribution is 2.13. The van der Waals surface area contributed by atoms with E-state index in [0.29, 0.717) is 6.04 Å². The first-order valence-electron chi connectivity index (χ1n) is 6.97. The minimum Gasteiger partial charge on any atom is -0.374 e. The standard InChI is InChI=1S/C15H25FN4.HI/c1-12(2)19-15(17-3)18-9-6-10-20(4)14-8-5-7-13(16)11-14;/h5,7-8,11-12H,6,9-10H2,1-4H3,(H2,17,18,19);1H. The van der Waals surface area contributed by atoms with Crippen LogP contribution < -0.4 is 15.5 Å². The second-order valence-electron chi connectivity index (χ2n) is 5.05. The summed E-state index contributed by atoms with van der Waals surface area (Å²) < 4.78 is 13.1. The van der Waals surface area contributed by atoms with Crippen LogP contribution in [0.25, 0.3) is 0 Å². The summed E-state index contributed by atoms with van der Waals surface area (Å²) in [5.74, 6) is 0.613. The van der Waals surface area contributed by atoms with Crippen LogP contribution in [-0.4, -0.2) is 39.2 Å². The monoisotopic (exact) mass is 408 g/mol. The van der Waals surface area contributed by atoms with Crippen molar-refractivity contribution in [3.8, 4) is 0 Å². The van der Waals surface area contributed by atoms with E-state index >= 15 is 0 Å². The van der Waals surface area contributed by atoms with E-state index in [1.54, 1.807) is 19.2 Å². The zero-order valence-electron chi connectivity index (χ0n) is 13.2. The summed E-state index contributed by atoms with van der Waals surface area (Å²) in [6.45, 7) is 5.83. The average Bonchev–Trinajstić information content (AvgIpc) is 2.41. The van der Waals surface area contributed by atoms with Gasteiger partial charge in [0.2, 0.25) is 0 Å². The van der Waals surface area contributed by atoms with E-state index in [1.165, 1.54) is 6.07 Å². The lowest BCUT2D eigenvalue weighted by Gasteiger charge is -2.20. The van der Waals surface area contributed by atoms with Gasteiger partial charge >= 0.3 is 0 Å². The van der Waals surface area contributed by atoms with Crippen molar-refractivity contribution in [3.05, 3.63) is 30.1 Å². The number of guanidine groups is 1. The molecule has 0 spiro atoms. The molecule has 0 unspecified atom stereocenters. The van der Waals surface area contributed by atoms with E-state index in [4.69, 9.17) is 0 Å². The van der Waals surface area contributed by atoms with Crippen molar-refractivity contribution in [2.45, 2.75) is 26.3 Å². The first-order valence-corrected chi connectivity index (χ1v) is 6.97. The Morgan fingerprint density at radius 1 is 1.38 bits per heavy atom. The van der Waals surface area contributed by atoms with Gasteiger partial charge in [0.15, 0.2) is 5.96 Å². The van der Waals surface area contributed by atoms with Crippen LogP contribution in [0.4, 0.5) is 10.1 Å². The van der Waals surface area contributed by atoms with E-state index in [9.17, 15) is 4.39 Å². The molecule has 2 N–H and O–H groups in total. The molecule has 21 heavy (non-hydrogen) atoms. The lowest BCUT2D eigenvalue weighted by atomic mass is 10.2. The second-order valence-corrected chi connectivity index (χ2v) is 5.05. The number of hydrogen-bond acceptors (Lipinski definition) is 2. The average molecular weight is 408 g/mol. The summed E-state index contributed by atoms with van der Waals surface area (Å²) in [4.78, 5) is 6.19. The number of rotatable bonds is 6. The summed E-state index contributed by atoms with van der Waals surface area (Å²) >= 11 is 0. The zero-order chi connectivity index (χ0) is 15.0. The summed E-state index contributed by atoms with van der Waals surface area (Å²) in [5.41, 5.74) is 0.898. The summed E-state index contributed by atoms with van der Waals surface area (Å²) in [6, 6.07) is 7.01. The van der Waals surface area contributed by atoms with Gasteiger partial charge < -0.3 is 15.5 Å². The Morgan fingerprint density at radius 3 is 2.67 bits per heavy atom. The van der Waals surface area contributed by atoms with Crippen molar-refractivity contribution < 1.29 is 4.39 Å². The van der Waals surface area contributed by atoms with Crippen LogP contribution in [0, 0.1) is 5.82 Å². The van der Waals surface area contributed by atoms with Gasteiger partial charge in [-0.25, -0.2) is 4.39 Å². The fourth-order valence-corrected chi connectivity index (χ4v) is 1.83. The number of halogens is 2. The predicted octanol–water partition coefficient (Wildman–Crippen LogP) is 2.84. The van der Waals surface area contributed by atoms with Gasteiger partial charge in [0.25, 0.3) is 0 Å². The highest BCUT2D eigenvalue weighted by molar-refractivity contribution is 14.0. The first kappa shape index (κ1) is 19.9. The fraction of sp³-hybridized carbons (Fsp3) is 0.533. The Balaban J connectivity index is 0.00000400. The maximum absolute atomic E-state index is 13.1. The predicted molar refractivity (Wildman–Crippen MR) is 99.3 cm³/mol. The Hall–Kier alpha value is -1.05. The Bertz CT molecular complexity index is 437. The molecule has 0 saturated heterocycles. The molecule has 0 amide bonds. The van der Waals surface area contributed by atoms with Crippen molar-refractivity contribution in [3.63, 3.8) is 0 Å². The first-order chi connectivity index (χ1) is 9.52. The van der Waals surface area contributed by atoms with Gasteiger partial charge in [-0.2, -0.15) is 0 Å². The largest absolute Gasteiger partial charge is 0.374 e. The van der Waals surface area contributed by atoms with E-state index in [2.05, 4.69) is 29.5 Å². The Labute approximate surface area is 144 Å². The summed E-state index contributed by atoms with van der Waals surface area (Å²) in [7, 11) is 3.73. The van der Waals surface area contributed by atoms with Crippen molar-refractivity contribution >= 4 is 35.6 Å². The normalized spacial score (nSPS) is 11.0.